The van der Waals surface area contributed by atoms with Crippen LogP contribution in [0, 0.1) is 5.41 Å². The molecule has 0 aromatic heterocycles. The first-order chi connectivity index (χ1) is 9.69. The minimum Gasteiger partial charge on any atom is -0.339 e. The largest absolute Gasteiger partial charge is 0.401 e. The Labute approximate surface area is 135 Å². The number of nitrogens with one attached hydrogen (secondary N) is 1. The molecule has 1 unspecified atom stereocenters. The number of alkyl halides is 3. The first kappa shape index (κ1) is 19.5. The molecule has 2 saturated heterocycles. The third kappa shape index (κ3) is 4.99. The van der Waals surface area contributed by atoms with E-state index in [-0.39, 0.29) is 29.8 Å². The number of piperazine rings is 1. The summed E-state index contributed by atoms with van der Waals surface area (Å²) in [5, 5.41) is 3.27. The summed E-state index contributed by atoms with van der Waals surface area (Å²) in [6, 6.07) is -0.222. The fraction of sp³-hybridized carbons (Fsp3) is 0.929. The molecule has 8 heteroatoms. The van der Waals surface area contributed by atoms with Gasteiger partial charge in [0.1, 0.15) is 0 Å². The second-order valence-electron chi connectivity index (χ2n) is 6.70. The van der Waals surface area contributed by atoms with Crippen LogP contribution in [0.1, 0.15) is 26.7 Å². The van der Waals surface area contributed by atoms with E-state index in [2.05, 4.69) is 19.2 Å². The van der Waals surface area contributed by atoms with Crippen LogP contribution in [0.2, 0.25) is 0 Å². The summed E-state index contributed by atoms with van der Waals surface area (Å²) < 4.78 is 37.1. The molecule has 0 saturated carbocycles. The van der Waals surface area contributed by atoms with Crippen molar-refractivity contribution >= 4 is 18.3 Å². The minimum absolute atomic E-state index is 0. The van der Waals surface area contributed by atoms with Crippen molar-refractivity contribution in [1.82, 2.24) is 15.1 Å². The Morgan fingerprint density at radius 1 is 1.23 bits per heavy atom. The summed E-state index contributed by atoms with van der Waals surface area (Å²) in [6.45, 7) is 5.42. The Morgan fingerprint density at radius 2 is 1.82 bits per heavy atom. The molecule has 0 spiro atoms. The molecule has 22 heavy (non-hydrogen) atoms. The number of hydrogen-bond donors (Lipinski definition) is 1. The molecular formula is C14H25ClF3N3O. The molecule has 0 radical (unpaired) electrons. The Balaban J connectivity index is 0.00000242. The molecule has 4 nitrogen and oxygen atoms in total. The number of amides is 1. The maximum absolute atomic E-state index is 12.6. The lowest BCUT2D eigenvalue weighted by molar-refractivity contribution is -0.153. The number of rotatable bonds is 2. The smallest absolute Gasteiger partial charge is 0.339 e. The Bertz CT molecular complexity index is 382. The van der Waals surface area contributed by atoms with Gasteiger partial charge in [0, 0.05) is 26.2 Å². The first-order valence-corrected chi connectivity index (χ1v) is 7.50. The Kier molecular flexibility index (Phi) is 6.53. The van der Waals surface area contributed by atoms with E-state index >= 15 is 0 Å². The van der Waals surface area contributed by atoms with Crippen LogP contribution in [-0.2, 0) is 4.79 Å². The maximum atomic E-state index is 12.6. The quantitative estimate of drug-likeness (QED) is 0.831. The number of piperidine rings is 1. The fourth-order valence-electron chi connectivity index (χ4n) is 3.20. The van der Waals surface area contributed by atoms with E-state index in [1.807, 2.05) is 0 Å². The molecule has 2 aliphatic rings. The molecule has 1 atom stereocenters. The van der Waals surface area contributed by atoms with Gasteiger partial charge in [-0.1, -0.05) is 13.8 Å². The SMILES string of the molecule is CC1(C)CCCNC1C(=O)N1CCN(CC(F)(F)F)CC1.Cl. The maximum Gasteiger partial charge on any atom is 0.401 e. The lowest BCUT2D eigenvalue weighted by Crippen LogP contribution is -2.60. The molecule has 2 heterocycles. The van der Waals surface area contributed by atoms with Crippen LogP contribution in [0.3, 0.4) is 0 Å². The fourth-order valence-corrected chi connectivity index (χ4v) is 3.20. The van der Waals surface area contributed by atoms with Crippen LogP contribution in [0.5, 0.6) is 0 Å². The van der Waals surface area contributed by atoms with E-state index in [0.717, 1.165) is 19.4 Å². The second kappa shape index (κ2) is 7.36. The molecule has 2 rings (SSSR count). The molecule has 2 aliphatic heterocycles. The van der Waals surface area contributed by atoms with Crippen molar-refractivity contribution in [1.29, 1.82) is 0 Å². The Morgan fingerprint density at radius 3 is 2.32 bits per heavy atom. The number of carbonyl (C=O) groups is 1. The van der Waals surface area contributed by atoms with Crippen molar-refractivity contribution in [2.24, 2.45) is 5.41 Å². The van der Waals surface area contributed by atoms with Gasteiger partial charge < -0.3 is 10.2 Å². The second-order valence-corrected chi connectivity index (χ2v) is 6.70. The molecule has 0 aromatic rings. The number of carbonyl (C=O) groups excluding carboxylic acids is 1. The third-order valence-corrected chi connectivity index (χ3v) is 4.46. The summed E-state index contributed by atoms with van der Waals surface area (Å²) in [4.78, 5) is 15.7. The summed E-state index contributed by atoms with van der Waals surface area (Å²) in [7, 11) is 0. The highest BCUT2D eigenvalue weighted by Gasteiger charge is 2.40. The normalized spacial score (nSPS) is 26.4. The minimum atomic E-state index is -4.17. The summed E-state index contributed by atoms with van der Waals surface area (Å²) in [5.41, 5.74) is -0.0988. The lowest BCUT2D eigenvalue weighted by Gasteiger charge is -2.43. The molecule has 1 amide bonds. The van der Waals surface area contributed by atoms with Gasteiger partial charge in [-0.05, 0) is 24.8 Å². The van der Waals surface area contributed by atoms with Crippen molar-refractivity contribution in [2.75, 3.05) is 39.3 Å². The summed E-state index contributed by atoms with van der Waals surface area (Å²) in [6.07, 6.45) is -2.13. The zero-order valence-corrected chi connectivity index (χ0v) is 13.9. The van der Waals surface area contributed by atoms with Crippen molar-refractivity contribution in [3.63, 3.8) is 0 Å². The summed E-state index contributed by atoms with van der Waals surface area (Å²) >= 11 is 0. The van der Waals surface area contributed by atoms with E-state index < -0.39 is 12.7 Å². The standard InChI is InChI=1S/C14H24F3N3O.ClH/c1-13(2)4-3-5-18-11(13)12(21)20-8-6-19(7-9-20)10-14(15,16)17;/h11,18H,3-10H2,1-2H3;1H. The van der Waals surface area contributed by atoms with Crippen LogP contribution >= 0.6 is 12.4 Å². The molecule has 130 valence electrons. The third-order valence-electron chi connectivity index (χ3n) is 4.46. The zero-order chi connectivity index (χ0) is 15.7. The van der Waals surface area contributed by atoms with Gasteiger partial charge in [0.2, 0.25) is 5.91 Å². The average molecular weight is 344 g/mol. The number of hydrogen-bond acceptors (Lipinski definition) is 3. The molecule has 2 fully saturated rings. The van der Waals surface area contributed by atoms with Gasteiger partial charge in [-0.2, -0.15) is 13.2 Å². The number of nitrogens with zero attached hydrogens (tertiary/aromatic N) is 2. The topological polar surface area (TPSA) is 35.6 Å². The first-order valence-electron chi connectivity index (χ1n) is 7.50. The van der Waals surface area contributed by atoms with E-state index in [1.54, 1.807) is 4.90 Å². The predicted molar refractivity (Wildman–Crippen MR) is 81.1 cm³/mol. The van der Waals surface area contributed by atoms with Gasteiger partial charge in [-0.15, -0.1) is 12.4 Å². The average Bonchev–Trinajstić information content (AvgIpc) is 2.36. The lowest BCUT2D eigenvalue weighted by atomic mass is 9.77. The van der Waals surface area contributed by atoms with Crippen LogP contribution in [-0.4, -0.2) is 67.2 Å². The van der Waals surface area contributed by atoms with Gasteiger partial charge in [-0.3, -0.25) is 9.69 Å². The van der Waals surface area contributed by atoms with Gasteiger partial charge in [0.15, 0.2) is 0 Å². The van der Waals surface area contributed by atoms with Gasteiger partial charge in [0.25, 0.3) is 0 Å². The highest BCUT2D eigenvalue weighted by molar-refractivity contribution is 5.85. The highest BCUT2D eigenvalue weighted by Crippen LogP contribution is 2.31. The zero-order valence-electron chi connectivity index (χ0n) is 13.1. The molecule has 1 N–H and O–H groups in total. The van der Waals surface area contributed by atoms with Crippen molar-refractivity contribution < 1.29 is 18.0 Å². The monoisotopic (exact) mass is 343 g/mol. The van der Waals surface area contributed by atoms with E-state index in [4.69, 9.17) is 0 Å². The van der Waals surface area contributed by atoms with Gasteiger partial charge in [0.05, 0.1) is 12.6 Å². The highest BCUT2D eigenvalue weighted by atomic mass is 35.5. The molecular weight excluding hydrogens is 319 g/mol. The summed E-state index contributed by atoms with van der Waals surface area (Å²) in [5.74, 6) is 0.0337. The van der Waals surface area contributed by atoms with Crippen molar-refractivity contribution in [3.8, 4) is 0 Å². The van der Waals surface area contributed by atoms with E-state index in [1.165, 1.54) is 4.90 Å². The van der Waals surface area contributed by atoms with Crippen molar-refractivity contribution in [3.05, 3.63) is 0 Å². The van der Waals surface area contributed by atoms with Crippen LogP contribution in [0.4, 0.5) is 13.2 Å². The van der Waals surface area contributed by atoms with Crippen LogP contribution in [0.15, 0.2) is 0 Å². The van der Waals surface area contributed by atoms with Crippen LogP contribution in [0.25, 0.3) is 0 Å². The Hall–Kier alpha value is -0.530. The molecule has 0 aromatic carbocycles. The van der Waals surface area contributed by atoms with Crippen molar-refractivity contribution in [2.45, 2.75) is 38.9 Å². The molecule has 0 aliphatic carbocycles. The van der Waals surface area contributed by atoms with Crippen LogP contribution < -0.4 is 5.32 Å². The van der Waals surface area contributed by atoms with Gasteiger partial charge >= 0.3 is 6.18 Å². The number of halogens is 4. The van der Waals surface area contributed by atoms with E-state index in [0.29, 0.717) is 26.2 Å². The molecule has 0 bridgehead atoms. The predicted octanol–water partition coefficient (Wildman–Crippen LogP) is 1.89. The van der Waals surface area contributed by atoms with E-state index in [9.17, 15) is 18.0 Å². The van der Waals surface area contributed by atoms with Gasteiger partial charge in [-0.25, -0.2) is 0 Å².